The molecular weight excluding hydrogens is 338 g/mol. The molecular formula is C21H21N5O. The smallest absolute Gasteiger partial charge is 0.165 e. The zero-order chi connectivity index (χ0) is 18.8. The fourth-order valence-electron chi connectivity index (χ4n) is 3.02. The van der Waals surface area contributed by atoms with Gasteiger partial charge in [0.05, 0.1) is 30.6 Å². The molecule has 27 heavy (non-hydrogen) atoms. The summed E-state index contributed by atoms with van der Waals surface area (Å²) in [5.41, 5.74) is 2.85. The summed E-state index contributed by atoms with van der Waals surface area (Å²) < 4.78 is 5.49. The number of fused-ring (bicyclic) bond motifs is 1. The van der Waals surface area contributed by atoms with E-state index in [1.165, 1.54) is 0 Å². The van der Waals surface area contributed by atoms with E-state index in [1.807, 2.05) is 55.5 Å². The van der Waals surface area contributed by atoms with Gasteiger partial charge in [-0.3, -0.25) is 4.99 Å². The van der Waals surface area contributed by atoms with E-state index in [-0.39, 0.29) is 0 Å². The molecule has 0 unspecified atom stereocenters. The van der Waals surface area contributed by atoms with Gasteiger partial charge in [-0.2, -0.15) is 0 Å². The largest absolute Gasteiger partial charge is 0.496 e. The molecule has 0 fully saturated rings. The number of anilines is 1. The maximum absolute atomic E-state index is 5.49. The predicted octanol–water partition coefficient (Wildman–Crippen LogP) is 3.97. The SMILES string of the molecule is COc1ccccc1-c1nc(NC2=C(C)CN=C(C)N2)c2ccccc2n1. The Hall–Kier alpha value is -3.41. The van der Waals surface area contributed by atoms with Crippen molar-refractivity contribution >= 4 is 22.6 Å². The van der Waals surface area contributed by atoms with Gasteiger partial charge in [-0.25, -0.2) is 9.97 Å². The van der Waals surface area contributed by atoms with Gasteiger partial charge >= 0.3 is 0 Å². The molecule has 136 valence electrons. The minimum Gasteiger partial charge on any atom is -0.496 e. The summed E-state index contributed by atoms with van der Waals surface area (Å²) in [5.74, 6) is 3.91. The fraction of sp³-hybridized carbons (Fsp3) is 0.190. The molecule has 2 heterocycles. The Labute approximate surface area is 158 Å². The number of benzene rings is 2. The number of aromatic nitrogens is 2. The number of rotatable bonds is 4. The molecule has 0 bridgehead atoms. The third kappa shape index (κ3) is 3.33. The van der Waals surface area contributed by atoms with Gasteiger partial charge in [0.2, 0.25) is 0 Å². The Morgan fingerprint density at radius 1 is 1.00 bits per heavy atom. The van der Waals surface area contributed by atoms with Crippen molar-refractivity contribution in [2.45, 2.75) is 13.8 Å². The maximum atomic E-state index is 5.49. The second-order valence-electron chi connectivity index (χ2n) is 6.42. The van der Waals surface area contributed by atoms with Gasteiger partial charge in [-0.15, -0.1) is 0 Å². The number of nitrogens with zero attached hydrogens (tertiary/aromatic N) is 3. The first-order chi connectivity index (χ1) is 13.2. The number of para-hydroxylation sites is 2. The summed E-state index contributed by atoms with van der Waals surface area (Å²) >= 11 is 0. The molecule has 1 aromatic heterocycles. The van der Waals surface area contributed by atoms with Gasteiger partial charge in [0.1, 0.15) is 17.4 Å². The number of nitrogens with one attached hydrogen (secondary N) is 2. The first-order valence-corrected chi connectivity index (χ1v) is 8.80. The maximum Gasteiger partial charge on any atom is 0.165 e. The van der Waals surface area contributed by atoms with Crippen LogP contribution < -0.4 is 15.4 Å². The summed E-state index contributed by atoms with van der Waals surface area (Å²) in [6.45, 7) is 4.67. The Morgan fingerprint density at radius 3 is 2.63 bits per heavy atom. The van der Waals surface area contributed by atoms with Crippen LogP contribution in [0, 0.1) is 0 Å². The minimum absolute atomic E-state index is 0.619. The quantitative estimate of drug-likeness (QED) is 0.737. The zero-order valence-corrected chi connectivity index (χ0v) is 15.6. The van der Waals surface area contributed by atoms with Crippen LogP contribution in [0.3, 0.4) is 0 Å². The highest BCUT2D eigenvalue weighted by atomic mass is 16.5. The highest BCUT2D eigenvalue weighted by molar-refractivity contribution is 5.92. The molecule has 0 spiro atoms. The van der Waals surface area contributed by atoms with Crippen molar-refractivity contribution in [3.05, 3.63) is 59.9 Å². The van der Waals surface area contributed by atoms with E-state index in [0.29, 0.717) is 12.4 Å². The molecule has 3 aromatic rings. The lowest BCUT2D eigenvalue weighted by Crippen LogP contribution is -2.30. The molecule has 4 rings (SSSR count). The molecule has 6 heteroatoms. The topological polar surface area (TPSA) is 71.4 Å². The second-order valence-corrected chi connectivity index (χ2v) is 6.42. The standard InChI is InChI=1S/C21H21N5O/c1-13-12-22-14(2)23-19(13)25-20-15-8-4-6-10-17(15)24-21(26-20)16-9-5-7-11-18(16)27-3/h4-11H,12H2,1-3H3,(H,22,23)(H,24,25,26). The van der Waals surface area contributed by atoms with E-state index in [2.05, 4.69) is 22.5 Å². The molecule has 2 N–H and O–H groups in total. The Balaban J connectivity index is 1.85. The summed E-state index contributed by atoms with van der Waals surface area (Å²) in [6, 6.07) is 15.7. The number of hydrogen-bond acceptors (Lipinski definition) is 6. The molecule has 1 aliphatic heterocycles. The summed E-state index contributed by atoms with van der Waals surface area (Å²) in [4.78, 5) is 14.0. The van der Waals surface area contributed by atoms with Crippen LogP contribution in [0.1, 0.15) is 13.8 Å². The van der Waals surface area contributed by atoms with E-state index >= 15 is 0 Å². The van der Waals surface area contributed by atoms with Crippen molar-refractivity contribution < 1.29 is 4.74 Å². The summed E-state index contributed by atoms with van der Waals surface area (Å²) in [7, 11) is 1.65. The van der Waals surface area contributed by atoms with Crippen molar-refractivity contribution in [2.24, 2.45) is 4.99 Å². The average molecular weight is 359 g/mol. The van der Waals surface area contributed by atoms with Crippen molar-refractivity contribution in [1.82, 2.24) is 15.3 Å². The van der Waals surface area contributed by atoms with Gasteiger partial charge in [0, 0.05) is 5.39 Å². The third-order valence-corrected chi connectivity index (χ3v) is 4.48. The van der Waals surface area contributed by atoms with Crippen LogP contribution in [0.5, 0.6) is 5.75 Å². The number of amidine groups is 1. The normalized spacial score (nSPS) is 14.0. The molecule has 2 aromatic carbocycles. The van der Waals surface area contributed by atoms with E-state index in [0.717, 1.165) is 45.3 Å². The lowest BCUT2D eigenvalue weighted by molar-refractivity contribution is 0.416. The Morgan fingerprint density at radius 2 is 1.78 bits per heavy atom. The highest BCUT2D eigenvalue weighted by Gasteiger charge is 2.15. The fourth-order valence-corrected chi connectivity index (χ4v) is 3.02. The van der Waals surface area contributed by atoms with Crippen LogP contribution in [0.15, 0.2) is 64.9 Å². The van der Waals surface area contributed by atoms with E-state index in [1.54, 1.807) is 7.11 Å². The van der Waals surface area contributed by atoms with Gasteiger partial charge < -0.3 is 15.4 Å². The Kier molecular flexibility index (Phi) is 4.46. The molecule has 0 aliphatic carbocycles. The molecule has 6 nitrogen and oxygen atoms in total. The Bertz CT molecular complexity index is 1070. The van der Waals surface area contributed by atoms with Crippen LogP contribution in [-0.4, -0.2) is 29.5 Å². The molecule has 0 saturated carbocycles. The zero-order valence-electron chi connectivity index (χ0n) is 15.6. The van der Waals surface area contributed by atoms with Gasteiger partial charge in [-0.1, -0.05) is 24.3 Å². The van der Waals surface area contributed by atoms with Crippen molar-refractivity contribution in [3.63, 3.8) is 0 Å². The summed E-state index contributed by atoms with van der Waals surface area (Å²) in [6.07, 6.45) is 0. The monoisotopic (exact) mass is 359 g/mol. The molecule has 0 atom stereocenters. The van der Waals surface area contributed by atoms with Gasteiger partial charge in [0.15, 0.2) is 5.82 Å². The molecule has 0 saturated heterocycles. The first-order valence-electron chi connectivity index (χ1n) is 8.80. The molecule has 0 amide bonds. The lowest BCUT2D eigenvalue weighted by Gasteiger charge is -2.20. The molecule has 1 aliphatic rings. The molecule has 0 radical (unpaired) electrons. The van der Waals surface area contributed by atoms with Crippen LogP contribution in [0.4, 0.5) is 5.82 Å². The number of hydrogen-bond donors (Lipinski definition) is 2. The van der Waals surface area contributed by atoms with Crippen LogP contribution in [0.2, 0.25) is 0 Å². The predicted molar refractivity (Wildman–Crippen MR) is 109 cm³/mol. The van der Waals surface area contributed by atoms with Crippen LogP contribution >= 0.6 is 0 Å². The van der Waals surface area contributed by atoms with E-state index in [9.17, 15) is 0 Å². The number of aliphatic imine (C=N–C) groups is 1. The number of ether oxygens (including phenoxy) is 1. The van der Waals surface area contributed by atoms with E-state index in [4.69, 9.17) is 14.7 Å². The van der Waals surface area contributed by atoms with Crippen molar-refractivity contribution in [2.75, 3.05) is 19.0 Å². The lowest BCUT2D eigenvalue weighted by atomic mass is 10.1. The summed E-state index contributed by atoms with van der Waals surface area (Å²) in [5, 5.41) is 7.70. The highest BCUT2D eigenvalue weighted by Crippen LogP contribution is 2.31. The minimum atomic E-state index is 0.619. The van der Waals surface area contributed by atoms with Crippen LogP contribution in [0.25, 0.3) is 22.3 Å². The van der Waals surface area contributed by atoms with Gasteiger partial charge in [0.25, 0.3) is 0 Å². The van der Waals surface area contributed by atoms with Crippen LogP contribution in [-0.2, 0) is 0 Å². The average Bonchev–Trinajstić information content (AvgIpc) is 2.70. The van der Waals surface area contributed by atoms with Gasteiger partial charge in [-0.05, 0) is 43.7 Å². The van der Waals surface area contributed by atoms with E-state index < -0.39 is 0 Å². The van der Waals surface area contributed by atoms with Crippen molar-refractivity contribution in [3.8, 4) is 17.1 Å². The van der Waals surface area contributed by atoms with Crippen molar-refractivity contribution in [1.29, 1.82) is 0 Å². The third-order valence-electron chi connectivity index (χ3n) is 4.48. The first kappa shape index (κ1) is 17.0. The number of methoxy groups -OCH3 is 1. The second kappa shape index (κ2) is 7.07.